The Morgan fingerprint density at radius 3 is 1.04 bits per heavy atom. The van der Waals surface area contributed by atoms with Crippen LogP contribution in [0.1, 0.15) is 11.1 Å². The van der Waals surface area contributed by atoms with Gasteiger partial charge >= 0.3 is 0 Å². The molecule has 0 bridgehead atoms. The Balaban J connectivity index is 1.03. The van der Waals surface area contributed by atoms with Gasteiger partial charge in [-0.15, -0.1) is 0 Å². The van der Waals surface area contributed by atoms with Gasteiger partial charge in [0.05, 0.1) is 0 Å². The van der Waals surface area contributed by atoms with Gasteiger partial charge in [-0.2, -0.15) is 0 Å². The van der Waals surface area contributed by atoms with Crippen LogP contribution in [0.3, 0.4) is 0 Å². The first-order chi connectivity index (χ1) is 24.8. The van der Waals surface area contributed by atoms with Crippen molar-refractivity contribution in [3.63, 3.8) is 0 Å². The highest BCUT2D eigenvalue weighted by atomic mass is 14.3. The average molecular weight is 631 g/mol. The molecule has 0 unspecified atom stereocenters. The largest absolute Gasteiger partial charge is 0.0761 e. The number of rotatable bonds is 2. The quantitative estimate of drug-likeness (QED) is 0.132. The highest BCUT2D eigenvalue weighted by Crippen LogP contribution is 2.46. The van der Waals surface area contributed by atoms with Gasteiger partial charge in [0, 0.05) is 11.8 Å². The summed E-state index contributed by atoms with van der Waals surface area (Å²) in [6, 6.07) is 50.1. The summed E-state index contributed by atoms with van der Waals surface area (Å²) < 4.78 is 0. The van der Waals surface area contributed by atoms with Crippen LogP contribution in [-0.2, 0) is 0 Å². The molecule has 2 aliphatic rings. The molecular weight excluding hydrogens is 601 g/mol. The van der Waals surface area contributed by atoms with Crippen LogP contribution in [0.4, 0.5) is 0 Å². The van der Waals surface area contributed by atoms with Gasteiger partial charge in [0.15, 0.2) is 0 Å². The Bertz CT molecular complexity index is 2880. The molecule has 2 aliphatic carbocycles. The zero-order chi connectivity index (χ0) is 32.5. The molecule has 0 spiro atoms. The zero-order valence-electron chi connectivity index (χ0n) is 27.3. The Morgan fingerprint density at radius 1 is 0.280 bits per heavy atom. The number of allylic oxidation sites excluding steroid dienone is 8. The van der Waals surface area contributed by atoms with E-state index in [9.17, 15) is 0 Å². The average Bonchev–Trinajstić information content (AvgIpc) is 3.18. The topological polar surface area (TPSA) is 0 Å². The lowest BCUT2D eigenvalue weighted by Crippen LogP contribution is -2.13. The summed E-state index contributed by atoms with van der Waals surface area (Å²) in [6.07, 6.45) is 14.5. The van der Waals surface area contributed by atoms with Crippen molar-refractivity contribution >= 4 is 97.3 Å². The van der Waals surface area contributed by atoms with Gasteiger partial charge in [-0.05, 0) is 108 Å². The molecule has 10 aromatic carbocycles. The number of fused-ring (bicyclic) bond motifs is 5. The number of hydrogen-bond donors (Lipinski definition) is 0. The summed E-state index contributed by atoms with van der Waals surface area (Å²) in [4.78, 5) is 0. The molecule has 12 rings (SSSR count). The van der Waals surface area contributed by atoms with Crippen molar-refractivity contribution in [2.45, 2.75) is 0 Å². The monoisotopic (exact) mass is 630 g/mol. The predicted octanol–water partition coefficient (Wildman–Crippen LogP) is 13.6. The fourth-order valence-electron chi connectivity index (χ4n) is 9.70. The molecule has 0 atom stereocenters. The molecule has 0 nitrogen and oxygen atoms in total. The molecule has 230 valence electrons. The van der Waals surface area contributed by atoms with E-state index in [1.165, 1.54) is 108 Å². The Kier molecular flexibility index (Phi) is 5.17. The van der Waals surface area contributed by atoms with E-state index in [0.717, 1.165) is 0 Å². The van der Waals surface area contributed by atoms with E-state index in [1.807, 2.05) is 0 Å². The van der Waals surface area contributed by atoms with Crippen molar-refractivity contribution in [1.82, 2.24) is 0 Å². The molecule has 10 aromatic rings. The highest BCUT2D eigenvalue weighted by Gasteiger charge is 2.24. The third-order valence-electron chi connectivity index (χ3n) is 11.9. The van der Waals surface area contributed by atoms with Gasteiger partial charge in [-0.25, -0.2) is 0 Å². The van der Waals surface area contributed by atoms with Crippen molar-refractivity contribution in [3.05, 3.63) is 181 Å². The standard InChI is InChI=1S/C50H30/c1-7-30-9-3-13-41-45-25-23-35(37-15-5-17-43(49(37)45)39(11-1)47(30)41)32-21-19-29-20-22-33(28-34(29)27-32)36-24-26-46-42-14-4-10-31-8-2-12-40(48(31)42)44-18-6-16-38(36)50(44)46/h1-29,34H. The maximum absolute atomic E-state index is 2.51. The third-order valence-corrected chi connectivity index (χ3v) is 11.9. The summed E-state index contributed by atoms with van der Waals surface area (Å²) in [7, 11) is 0. The van der Waals surface area contributed by atoms with Crippen LogP contribution < -0.4 is 0 Å². The molecule has 0 heterocycles. The molecular formula is C50H30. The molecule has 0 saturated heterocycles. The van der Waals surface area contributed by atoms with Crippen LogP contribution in [0.5, 0.6) is 0 Å². The molecule has 0 aromatic heterocycles. The Hall–Kier alpha value is -6.24. The van der Waals surface area contributed by atoms with Crippen LogP contribution in [0, 0.1) is 11.8 Å². The van der Waals surface area contributed by atoms with Gasteiger partial charge < -0.3 is 0 Å². The summed E-state index contributed by atoms with van der Waals surface area (Å²) in [5.74, 6) is 0.645. The van der Waals surface area contributed by atoms with Crippen LogP contribution in [0.15, 0.2) is 170 Å². The minimum absolute atomic E-state index is 0.288. The van der Waals surface area contributed by atoms with E-state index in [-0.39, 0.29) is 5.92 Å². The first-order valence-corrected chi connectivity index (χ1v) is 17.8. The maximum Gasteiger partial charge on any atom is 0.00628 e. The summed E-state index contributed by atoms with van der Waals surface area (Å²) in [5.41, 5.74) is 5.23. The summed E-state index contributed by atoms with van der Waals surface area (Å²) in [6.45, 7) is 0. The minimum atomic E-state index is 0.288. The lowest BCUT2D eigenvalue weighted by Gasteiger charge is -2.27. The zero-order valence-corrected chi connectivity index (χ0v) is 27.3. The lowest BCUT2D eigenvalue weighted by atomic mass is 9.77. The van der Waals surface area contributed by atoms with Crippen LogP contribution in [0.2, 0.25) is 0 Å². The van der Waals surface area contributed by atoms with Crippen molar-refractivity contribution in [3.8, 4) is 0 Å². The molecule has 0 fully saturated rings. The van der Waals surface area contributed by atoms with Gasteiger partial charge in [0.2, 0.25) is 0 Å². The van der Waals surface area contributed by atoms with E-state index >= 15 is 0 Å². The first-order valence-electron chi connectivity index (χ1n) is 17.8. The highest BCUT2D eigenvalue weighted by molar-refractivity contribution is 6.35. The second-order valence-electron chi connectivity index (χ2n) is 14.3. The maximum atomic E-state index is 2.51. The SMILES string of the molecule is C1=CC2C=CC(c3ccc4c5cccc6cccc(c7cccc3c74)c65)=CC2C=C1c1ccc2c3cccc4cccc(c5cccc1c52)c43. The second kappa shape index (κ2) is 9.68. The third kappa shape index (κ3) is 3.45. The van der Waals surface area contributed by atoms with Crippen LogP contribution >= 0.6 is 0 Å². The first kappa shape index (κ1) is 26.7. The molecule has 0 amide bonds. The summed E-state index contributed by atoms with van der Waals surface area (Å²) in [5, 5.41) is 21.5. The van der Waals surface area contributed by atoms with E-state index in [4.69, 9.17) is 0 Å². The molecule has 0 saturated carbocycles. The lowest BCUT2D eigenvalue weighted by molar-refractivity contribution is 0.665. The van der Waals surface area contributed by atoms with Crippen molar-refractivity contribution in [2.24, 2.45) is 11.8 Å². The van der Waals surface area contributed by atoms with E-state index in [1.54, 1.807) is 0 Å². The number of hydrogen-bond acceptors (Lipinski definition) is 0. The number of benzene rings is 10. The predicted molar refractivity (Wildman–Crippen MR) is 217 cm³/mol. The van der Waals surface area contributed by atoms with Crippen molar-refractivity contribution in [2.75, 3.05) is 0 Å². The molecule has 0 N–H and O–H groups in total. The fraction of sp³-hybridized carbons (Fsp3) is 0.0400. The van der Waals surface area contributed by atoms with E-state index < -0.39 is 0 Å². The normalized spacial score (nSPS) is 17.7. The van der Waals surface area contributed by atoms with Crippen LogP contribution in [0.25, 0.3) is 97.3 Å². The minimum Gasteiger partial charge on any atom is -0.0761 e. The van der Waals surface area contributed by atoms with Gasteiger partial charge in [-0.1, -0.05) is 170 Å². The summed E-state index contributed by atoms with van der Waals surface area (Å²) >= 11 is 0. The smallest absolute Gasteiger partial charge is 0.00628 e. The molecule has 0 aliphatic heterocycles. The Labute approximate surface area is 289 Å². The van der Waals surface area contributed by atoms with Gasteiger partial charge in [0.25, 0.3) is 0 Å². The van der Waals surface area contributed by atoms with Crippen LogP contribution in [-0.4, -0.2) is 0 Å². The fourth-order valence-corrected chi connectivity index (χ4v) is 9.70. The van der Waals surface area contributed by atoms with E-state index in [2.05, 4.69) is 170 Å². The second-order valence-corrected chi connectivity index (χ2v) is 14.3. The van der Waals surface area contributed by atoms with Gasteiger partial charge in [-0.3, -0.25) is 0 Å². The van der Waals surface area contributed by atoms with Crippen molar-refractivity contribution in [1.29, 1.82) is 0 Å². The molecule has 50 heavy (non-hydrogen) atoms. The molecule has 0 heteroatoms. The van der Waals surface area contributed by atoms with E-state index in [0.29, 0.717) is 5.92 Å². The molecule has 0 radical (unpaired) electrons. The van der Waals surface area contributed by atoms with Crippen molar-refractivity contribution < 1.29 is 0 Å². The van der Waals surface area contributed by atoms with Gasteiger partial charge in [0.1, 0.15) is 0 Å². The Morgan fingerprint density at radius 2 is 0.620 bits per heavy atom.